The van der Waals surface area contributed by atoms with Gasteiger partial charge < -0.3 is 15.0 Å². The van der Waals surface area contributed by atoms with E-state index in [0.29, 0.717) is 45.5 Å². The maximum absolute atomic E-state index is 15.5. The highest BCUT2D eigenvalue weighted by atomic mass is 19.1. The van der Waals surface area contributed by atoms with Crippen LogP contribution < -0.4 is 15.0 Å². The second-order valence-corrected chi connectivity index (χ2v) is 9.44. The maximum atomic E-state index is 15.5. The van der Waals surface area contributed by atoms with Gasteiger partial charge in [0.1, 0.15) is 34.7 Å². The number of rotatable bonds is 5. The molecule has 0 bridgehead atoms. The molecule has 188 valence electrons. The SMILES string of the molecule is Cc1c(Oc2ccc3c(c2)nnn3C)ccc(Nc2ncnc3ccc(N4CCCCC4C)nc23)c1F. The van der Waals surface area contributed by atoms with Crippen LogP contribution in [0, 0.1) is 12.7 Å². The van der Waals surface area contributed by atoms with Crippen LogP contribution in [0.5, 0.6) is 11.5 Å². The first kappa shape index (κ1) is 23.1. The third-order valence-corrected chi connectivity index (χ3v) is 6.96. The van der Waals surface area contributed by atoms with Crippen molar-refractivity contribution in [2.75, 3.05) is 16.8 Å². The number of halogens is 1. The van der Waals surface area contributed by atoms with Crippen molar-refractivity contribution in [3.05, 3.63) is 60.2 Å². The Hall–Kier alpha value is -4.34. The van der Waals surface area contributed by atoms with Crippen LogP contribution in [-0.2, 0) is 7.05 Å². The van der Waals surface area contributed by atoms with Crippen LogP contribution in [0.4, 0.5) is 21.7 Å². The average Bonchev–Trinajstić information content (AvgIpc) is 3.28. The molecule has 1 N–H and O–H groups in total. The topological polar surface area (TPSA) is 93.9 Å². The van der Waals surface area contributed by atoms with Crippen molar-refractivity contribution in [1.29, 1.82) is 0 Å². The van der Waals surface area contributed by atoms with Crippen LogP contribution in [0.2, 0.25) is 0 Å². The first-order valence-corrected chi connectivity index (χ1v) is 12.4. The third-order valence-electron chi connectivity index (χ3n) is 6.96. The van der Waals surface area contributed by atoms with E-state index in [4.69, 9.17) is 9.72 Å². The van der Waals surface area contributed by atoms with Crippen LogP contribution >= 0.6 is 0 Å². The molecule has 9 nitrogen and oxygen atoms in total. The molecule has 1 atom stereocenters. The highest BCUT2D eigenvalue weighted by Gasteiger charge is 2.21. The molecule has 0 aliphatic carbocycles. The predicted octanol–water partition coefficient (Wildman–Crippen LogP) is 5.67. The lowest BCUT2D eigenvalue weighted by atomic mass is 10.0. The van der Waals surface area contributed by atoms with Gasteiger partial charge in [-0.05, 0) is 69.5 Å². The number of nitrogens with zero attached hydrogens (tertiary/aromatic N) is 7. The molecule has 1 fully saturated rings. The number of hydrogen-bond donors (Lipinski definition) is 1. The minimum atomic E-state index is -0.425. The smallest absolute Gasteiger partial charge is 0.160 e. The zero-order valence-electron chi connectivity index (χ0n) is 20.9. The minimum Gasteiger partial charge on any atom is -0.457 e. The Morgan fingerprint density at radius 1 is 1.05 bits per heavy atom. The molecule has 0 amide bonds. The number of aryl methyl sites for hydroxylation is 1. The molecule has 0 spiro atoms. The molecular formula is C27H27FN8O. The predicted molar refractivity (Wildman–Crippen MR) is 141 cm³/mol. The fourth-order valence-corrected chi connectivity index (χ4v) is 4.83. The van der Waals surface area contributed by atoms with Crippen molar-refractivity contribution in [2.45, 2.75) is 39.2 Å². The summed E-state index contributed by atoms with van der Waals surface area (Å²) in [5, 5.41) is 11.3. The van der Waals surface area contributed by atoms with E-state index in [9.17, 15) is 0 Å². The first-order valence-electron chi connectivity index (χ1n) is 12.4. The van der Waals surface area contributed by atoms with Crippen molar-refractivity contribution in [3.8, 4) is 11.5 Å². The fraction of sp³-hybridized carbons (Fsp3) is 0.296. The summed E-state index contributed by atoms with van der Waals surface area (Å²) in [7, 11) is 1.83. The lowest BCUT2D eigenvalue weighted by Crippen LogP contribution is -2.37. The number of nitrogens with one attached hydrogen (secondary N) is 1. The fourth-order valence-electron chi connectivity index (χ4n) is 4.83. The Morgan fingerprint density at radius 3 is 2.81 bits per heavy atom. The Labute approximate surface area is 213 Å². The molecule has 1 saturated heterocycles. The van der Waals surface area contributed by atoms with Gasteiger partial charge in [-0.25, -0.2) is 24.0 Å². The number of benzene rings is 2. The van der Waals surface area contributed by atoms with Gasteiger partial charge in [-0.1, -0.05) is 5.21 Å². The van der Waals surface area contributed by atoms with E-state index in [0.717, 1.165) is 30.7 Å². The highest BCUT2D eigenvalue weighted by molar-refractivity contribution is 5.88. The van der Waals surface area contributed by atoms with E-state index in [2.05, 4.69) is 37.4 Å². The van der Waals surface area contributed by atoms with Gasteiger partial charge in [-0.2, -0.15) is 0 Å². The number of pyridine rings is 1. The molecule has 0 radical (unpaired) electrons. The molecule has 10 heteroatoms. The second kappa shape index (κ2) is 9.27. The van der Waals surface area contributed by atoms with Crippen LogP contribution in [0.25, 0.3) is 22.1 Å². The monoisotopic (exact) mass is 498 g/mol. The van der Waals surface area contributed by atoms with Crippen LogP contribution in [-0.4, -0.2) is 42.5 Å². The molecule has 5 aromatic rings. The lowest BCUT2D eigenvalue weighted by Gasteiger charge is -2.34. The minimum absolute atomic E-state index is 0.285. The van der Waals surface area contributed by atoms with Gasteiger partial charge in [0.25, 0.3) is 0 Å². The van der Waals surface area contributed by atoms with Crippen LogP contribution in [0.3, 0.4) is 0 Å². The number of piperidine rings is 1. The lowest BCUT2D eigenvalue weighted by molar-refractivity contribution is 0.472. The largest absolute Gasteiger partial charge is 0.457 e. The number of hydrogen-bond acceptors (Lipinski definition) is 8. The van der Waals surface area contributed by atoms with Crippen LogP contribution in [0.15, 0.2) is 48.8 Å². The van der Waals surface area contributed by atoms with Crippen molar-refractivity contribution in [1.82, 2.24) is 29.9 Å². The number of aromatic nitrogens is 6. The quantitative estimate of drug-likeness (QED) is 0.331. The van der Waals surface area contributed by atoms with Crippen molar-refractivity contribution in [2.24, 2.45) is 7.05 Å². The van der Waals surface area contributed by atoms with Crippen LogP contribution in [0.1, 0.15) is 31.7 Å². The van der Waals surface area contributed by atoms with Gasteiger partial charge in [0, 0.05) is 31.3 Å². The molecule has 0 saturated carbocycles. The summed E-state index contributed by atoms with van der Waals surface area (Å²) in [6.07, 6.45) is 4.97. The van der Waals surface area contributed by atoms with E-state index in [1.54, 1.807) is 29.8 Å². The third kappa shape index (κ3) is 4.28. The Bertz CT molecular complexity index is 1620. The molecule has 1 unspecified atom stereocenters. The number of anilines is 3. The van der Waals surface area contributed by atoms with E-state index in [1.165, 1.54) is 12.7 Å². The maximum Gasteiger partial charge on any atom is 0.160 e. The first-order chi connectivity index (χ1) is 18.0. The Balaban J connectivity index is 1.29. The van der Waals surface area contributed by atoms with E-state index >= 15 is 4.39 Å². The normalized spacial score (nSPS) is 15.9. The summed E-state index contributed by atoms with van der Waals surface area (Å²) in [5.41, 5.74) is 3.55. The summed E-state index contributed by atoms with van der Waals surface area (Å²) in [5.74, 6) is 1.89. The van der Waals surface area contributed by atoms with Gasteiger partial charge in [0.05, 0.1) is 16.7 Å². The Morgan fingerprint density at radius 2 is 1.95 bits per heavy atom. The molecule has 2 aromatic carbocycles. The average molecular weight is 499 g/mol. The molecule has 37 heavy (non-hydrogen) atoms. The van der Waals surface area contributed by atoms with Gasteiger partial charge in [0.2, 0.25) is 0 Å². The van der Waals surface area contributed by atoms with E-state index < -0.39 is 5.82 Å². The molecule has 1 aliphatic rings. The van der Waals surface area contributed by atoms with E-state index in [-0.39, 0.29) is 5.69 Å². The molecule has 6 rings (SSSR count). The zero-order valence-corrected chi connectivity index (χ0v) is 20.9. The second-order valence-electron chi connectivity index (χ2n) is 9.44. The van der Waals surface area contributed by atoms with Gasteiger partial charge in [-0.15, -0.1) is 5.10 Å². The van der Waals surface area contributed by atoms with Gasteiger partial charge >= 0.3 is 0 Å². The summed E-state index contributed by atoms with van der Waals surface area (Å²) >= 11 is 0. The highest BCUT2D eigenvalue weighted by Crippen LogP contribution is 2.34. The summed E-state index contributed by atoms with van der Waals surface area (Å²) in [6.45, 7) is 4.87. The number of ether oxygens (including phenoxy) is 1. The summed E-state index contributed by atoms with van der Waals surface area (Å²) in [6, 6.07) is 13.2. The molecule has 1 aliphatic heterocycles. The summed E-state index contributed by atoms with van der Waals surface area (Å²) in [4.78, 5) is 15.9. The molecule has 4 heterocycles. The molecule has 3 aromatic heterocycles. The van der Waals surface area contributed by atoms with Gasteiger partial charge in [0.15, 0.2) is 11.6 Å². The standard InChI is InChI=1S/C27H27FN8O/c1-16-6-4-5-13-36(16)24-12-9-20-26(32-24)27(30-15-29-20)31-19-8-11-23(17(2)25(19)28)37-18-7-10-22-21(14-18)33-34-35(22)3/h7-12,14-16H,4-6,13H2,1-3H3,(H,29,30,31). The van der Waals surface area contributed by atoms with E-state index in [1.807, 2.05) is 31.3 Å². The van der Waals surface area contributed by atoms with Gasteiger partial charge in [-0.3, -0.25) is 0 Å². The van der Waals surface area contributed by atoms with Crippen molar-refractivity contribution >= 4 is 39.4 Å². The van der Waals surface area contributed by atoms with Crippen molar-refractivity contribution in [3.63, 3.8) is 0 Å². The molecular weight excluding hydrogens is 471 g/mol. The summed E-state index contributed by atoms with van der Waals surface area (Å²) < 4.78 is 23.2. The zero-order chi connectivity index (χ0) is 25.5. The Kier molecular flexibility index (Phi) is 5.78. The van der Waals surface area contributed by atoms with Crippen molar-refractivity contribution < 1.29 is 9.13 Å². The number of fused-ring (bicyclic) bond motifs is 2.